The van der Waals surface area contributed by atoms with Crippen molar-refractivity contribution >= 4 is 23.4 Å². The first-order valence-electron chi connectivity index (χ1n) is 6.43. The summed E-state index contributed by atoms with van der Waals surface area (Å²) >= 11 is 7.53. The normalized spacial score (nSPS) is 11.0. The maximum absolute atomic E-state index is 5.91. The second-order valence-corrected chi connectivity index (χ2v) is 5.99. The molecule has 0 unspecified atom stereocenters. The molecule has 0 aliphatic rings. The number of hydrogen-bond acceptors (Lipinski definition) is 4. The zero-order chi connectivity index (χ0) is 14.7. The van der Waals surface area contributed by atoms with Crippen LogP contribution in [0.15, 0.2) is 48.1 Å². The van der Waals surface area contributed by atoms with Crippen LogP contribution in [-0.2, 0) is 19.3 Å². The number of benzene rings is 1. The molecule has 0 bridgehead atoms. The van der Waals surface area contributed by atoms with Gasteiger partial charge < -0.3 is 9.13 Å². The van der Waals surface area contributed by atoms with Gasteiger partial charge in [-0.1, -0.05) is 35.5 Å². The highest BCUT2D eigenvalue weighted by Crippen LogP contribution is 2.19. The third-order valence-corrected chi connectivity index (χ3v) is 4.35. The number of hydrogen-bond donors (Lipinski definition) is 0. The first-order valence-corrected chi connectivity index (χ1v) is 7.80. The SMILES string of the molecule is Cn1cnnc1SCc1nccn1Cc1ccc(Cl)cc1. The average molecular weight is 320 g/mol. The average Bonchev–Trinajstić information content (AvgIpc) is 3.08. The van der Waals surface area contributed by atoms with Gasteiger partial charge in [-0.05, 0) is 17.7 Å². The van der Waals surface area contributed by atoms with Crippen molar-refractivity contribution in [3.05, 3.63) is 59.4 Å². The van der Waals surface area contributed by atoms with Crippen LogP contribution < -0.4 is 0 Å². The van der Waals surface area contributed by atoms with Crippen LogP contribution in [-0.4, -0.2) is 24.3 Å². The molecule has 21 heavy (non-hydrogen) atoms. The lowest BCUT2D eigenvalue weighted by Crippen LogP contribution is -2.03. The van der Waals surface area contributed by atoms with E-state index in [0.717, 1.165) is 28.3 Å². The number of rotatable bonds is 5. The summed E-state index contributed by atoms with van der Waals surface area (Å²) in [5, 5.41) is 9.57. The molecular weight excluding hydrogens is 306 g/mol. The zero-order valence-electron chi connectivity index (χ0n) is 11.5. The molecule has 0 radical (unpaired) electrons. The Morgan fingerprint density at radius 1 is 1.24 bits per heavy atom. The predicted molar refractivity (Wildman–Crippen MR) is 83.3 cm³/mol. The smallest absolute Gasteiger partial charge is 0.191 e. The monoisotopic (exact) mass is 319 g/mol. The van der Waals surface area contributed by atoms with Gasteiger partial charge in [-0.15, -0.1) is 10.2 Å². The van der Waals surface area contributed by atoms with Crippen molar-refractivity contribution < 1.29 is 0 Å². The Hall–Kier alpha value is -1.79. The number of imidazole rings is 1. The molecule has 7 heteroatoms. The second kappa shape index (κ2) is 6.32. The van der Waals surface area contributed by atoms with Gasteiger partial charge in [-0.3, -0.25) is 0 Å². The molecule has 2 heterocycles. The first kappa shape index (κ1) is 14.2. The topological polar surface area (TPSA) is 48.5 Å². The summed E-state index contributed by atoms with van der Waals surface area (Å²) in [5.41, 5.74) is 1.20. The summed E-state index contributed by atoms with van der Waals surface area (Å²) in [6.45, 7) is 0.784. The maximum Gasteiger partial charge on any atom is 0.191 e. The molecule has 0 amide bonds. The largest absolute Gasteiger partial charge is 0.330 e. The van der Waals surface area contributed by atoms with Gasteiger partial charge in [0.15, 0.2) is 5.16 Å². The minimum absolute atomic E-state index is 0.752. The third-order valence-electron chi connectivity index (χ3n) is 3.07. The predicted octanol–water partition coefficient (Wildman–Crippen LogP) is 3.01. The van der Waals surface area contributed by atoms with Crippen LogP contribution in [0.1, 0.15) is 11.4 Å². The second-order valence-electron chi connectivity index (χ2n) is 4.61. The Labute approximate surface area is 132 Å². The fourth-order valence-electron chi connectivity index (χ4n) is 1.94. The van der Waals surface area contributed by atoms with Gasteiger partial charge in [0.2, 0.25) is 0 Å². The molecule has 1 aromatic carbocycles. The molecule has 0 saturated carbocycles. The molecule has 0 aliphatic heterocycles. The van der Waals surface area contributed by atoms with Gasteiger partial charge in [0.25, 0.3) is 0 Å². The van der Waals surface area contributed by atoms with E-state index in [1.54, 1.807) is 18.1 Å². The number of nitrogens with zero attached hydrogens (tertiary/aromatic N) is 5. The van der Waals surface area contributed by atoms with E-state index in [4.69, 9.17) is 11.6 Å². The van der Waals surface area contributed by atoms with E-state index in [0.29, 0.717) is 0 Å². The number of halogens is 1. The Bertz CT molecular complexity index is 719. The van der Waals surface area contributed by atoms with Crippen molar-refractivity contribution in [3.8, 4) is 0 Å². The Morgan fingerprint density at radius 2 is 2.05 bits per heavy atom. The molecule has 3 rings (SSSR count). The zero-order valence-corrected chi connectivity index (χ0v) is 13.1. The van der Waals surface area contributed by atoms with Gasteiger partial charge in [0.1, 0.15) is 12.2 Å². The summed E-state index contributed by atoms with van der Waals surface area (Å²) in [5.74, 6) is 1.77. The Morgan fingerprint density at radius 3 is 2.76 bits per heavy atom. The quantitative estimate of drug-likeness (QED) is 0.678. The molecule has 0 saturated heterocycles. The van der Waals surface area contributed by atoms with Gasteiger partial charge in [0, 0.05) is 31.0 Å². The minimum Gasteiger partial charge on any atom is -0.330 e. The standard InChI is InChI=1S/C14H14ClN5S/c1-19-10-17-18-14(19)21-9-13-16-6-7-20(13)8-11-2-4-12(15)5-3-11/h2-7,10H,8-9H2,1H3. The van der Waals surface area contributed by atoms with E-state index in [-0.39, 0.29) is 0 Å². The van der Waals surface area contributed by atoms with E-state index < -0.39 is 0 Å². The number of aromatic nitrogens is 5. The fraction of sp³-hybridized carbons (Fsp3) is 0.214. The lowest BCUT2D eigenvalue weighted by atomic mass is 10.2. The number of thioether (sulfide) groups is 1. The highest BCUT2D eigenvalue weighted by atomic mass is 35.5. The summed E-state index contributed by atoms with van der Waals surface area (Å²) in [7, 11) is 1.93. The van der Waals surface area contributed by atoms with E-state index in [1.165, 1.54) is 5.56 Å². The molecule has 3 aromatic rings. The van der Waals surface area contributed by atoms with Crippen LogP contribution in [0.4, 0.5) is 0 Å². The van der Waals surface area contributed by atoms with Crippen LogP contribution in [0, 0.1) is 0 Å². The maximum atomic E-state index is 5.91. The van der Waals surface area contributed by atoms with E-state index >= 15 is 0 Å². The van der Waals surface area contributed by atoms with Crippen molar-refractivity contribution in [2.45, 2.75) is 17.5 Å². The minimum atomic E-state index is 0.752. The van der Waals surface area contributed by atoms with Crippen molar-refractivity contribution in [2.24, 2.45) is 7.05 Å². The molecular formula is C14H14ClN5S. The highest BCUT2D eigenvalue weighted by molar-refractivity contribution is 7.98. The van der Waals surface area contributed by atoms with E-state index in [9.17, 15) is 0 Å². The van der Waals surface area contributed by atoms with Crippen LogP contribution in [0.2, 0.25) is 5.02 Å². The third kappa shape index (κ3) is 3.46. The van der Waals surface area contributed by atoms with E-state index in [1.807, 2.05) is 48.3 Å². The van der Waals surface area contributed by atoms with Gasteiger partial charge in [-0.25, -0.2) is 4.98 Å². The van der Waals surface area contributed by atoms with Crippen LogP contribution in [0.25, 0.3) is 0 Å². The van der Waals surface area contributed by atoms with Gasteiger partial charge >= 0.3 is 0 Å². The van der Waals surface area contributed by atoms with Crippen LogP contribution in [0.3, 0.4) is 0 Å². The van der Waals surface area contributed by atoms with Crippen molar-refractivity contribution in [1.29, 1.82) is 0 Å². The van der Waals surface area contributed by atoms with Gasteiger partial charge in [0.05, 0.1) is 5.75 Å². The summed E-state index contributed by atoms with van der Waals surface area (Å²) in [6.07, 6.45) is 5.51. The Balaban J connectivity index is 1.69. The molecule has 108 valence electrons. The van der Waals surface area contributed by atoms with Crippen molar-refractivity contribution in [3.63, 3.8) is 0 Å². The van der Waals surface area contributed by atoms with Crippen LogP contribution >= 0.6 is 23.4 Å². The lowest BCUT2D eigenvalue weighted by molar-refractivity contribution is 0.752. The summed E-state index contributed by atoms with van der Waals surface area (Å²) in [6, 6.07) is 7.87. The molecule has 5 nitrogen and oxygen atoms in total. The summed E-state index contributed by atoms with van der Waals surface area (Å²) < 4.78 is 4.03. The Kier molecular flexibility index (Phi) is 4.26. The number of aryl methyl sites for hydroxylation is 1. The van der Waals surface area contributed by atoms with Crippen LogP contribution in [0.5, 0.6) is 0 Å². The van der Waals surface area contributed by atoms with Crippen molar-refractivity contribution in [2.75, 3.05) is 0 Å². The molecule has 0 fully saturated rings. The molecule has 0 N–H and O–H groups in total. The molecule has 0 spiro atoms. The summed E-state index contributed by atoms with van der Waals surface area (Å²) in [4.78, 5) is 4.42. The molecule has 0 aliphatic carbocycles. The highest BCUT2D eigenvalue weighted by Gasteiger charge is 2.07. The molecule has 0 atom stereocenters. The van der Waals surface area contributed by atoms with Crippen molar-refractivity contribution in [1.82, 2.24) is 24.3 Å². The lowest BCUT2D eigenvalue weighted by Gasteiger charge is -2.08. The fourth-order valence-corrected chi connectivity index (χ4v) is 2.92. The van der Waals surface area contributed by atoms with E-state index in [2.05, 4.69) is 19.7 Å². The molecule has 2 aromatic heterocycles. The first-order chi connectivity index (χ1) is 10.2. The van der Waals surface area contributed by atoms with Gasteiger partial charge in [-0.2, -0.15) is 0 Å².